The lowest BCUT2D eigenvalue weighted by molar-refractivity contribution is 0.102. The number of hydrogen-bond donors (Lipinski definition) is 1. The molecule has 1 N–H and O–H groups in total. The number of anilines is 2. The summed E-state index contributed by atoms with van der Waals surface area (Å²) in [5.74, 6) is 1.54. The van der Waals surface area contributed by atoms with Gasteiger partial charge in [0.05, 0.1) is 11.9 Å². The van der Waals surface area contributed by atoms with Gasteiger partial charge in [-0.05, 0) is 43.2 Å². The maximum atomic E-state index is 12.8. The number of urea groups is 1. The van der Waals surface area contributed by atoms with Gasteiger partial charge < -0.3 is 19.7 Å². The first-order valence-electron chi connectivity index (χ1n) is 9.94. The predicted octanol–water partition coefficient (Wildman–Crippen LogP) is 3.25. The summed E-state index contributed by atoms with van der Waals surface area (Å²) in [6, 6.07) is 8.98. The number of rotatable bonds is 4. The van der Waals surface area contributed by atoms with E-state index in [0.29, 0.717) is 41.2 Å². The number of carbonyl (C=O) groups is 2. The minimum absolute atomic E-state index is 0.0292. The maximum absolute atomic E-state index is 12.8. The van der Waals surface area contributed by atoms with Crippen molar-refractivity contribution in [3.63, 3.8) is 0 Å². The van der Waals surface area contributed by atoms with Crippen LogP contribution >= 0.6 is 0 Å². The highest BCUT2D eigenvalue weighted by Gasteiger charge is 2.36. The highest BCUT2D eigenvalue weighted by atomic mass is 16.7. The summed E-state index contributed by atoms with van der Waals surface area (Å²) in [6.07, 6.45) is 6.16. The van der Waals surface area contributed by atoms with Crippen LogP contribution in [0.4, 0.5) is 16.3 Å². The normalized spacial score (nSPS) is 18.6. The lowest BCUT2D eigenvalue weighted by Gasteiger charge is -2.23. The van der Waals surface area contributed by atoms with Crippen molar-refractivity contribution >= 4 is 23.4 Å². The first kappa shape index (κ1) is 17.8. The van der Waals surface area contributed by atoms with E-state index < -0.39 is 0 Å². The van der Waals surface area contributed by atoms with E-state index in [0.717, 1.165) is 19.4 Å². The van der Waals surface area contributed by atoms with Crippen LogP contribution in [0.1, 0.15) is 36.0 Å². The van der Waals surface area contributed by atoms with Crippen molar-refractivity contribution in [1.29, 1.82) is 0 Å². The second-order valence-corrected chi connectivity index (χ2v) is 7.49. The van der Waals surface area contributed by atoms with Gasteiger partial charge in [0, 0.05) is 24.7 Å². The van der Waals surface area contributed by atoms with Crippen LogP contribution in [0, 0.1) is 0 Å². The Morgan fingerprint density at radius 1 is 1.07 bits per heavy atom. The molecule has 1 aromatic carbocycles. The quantitative estimate of drug-likeness (QED) is 0.861. The Balaban J connectivity index is 1.24. The van der Waals surface area contributed by atoms with Crippen LogP contribution < -0.4 is 19.7 Å². The van der Waals surface area contributed by atoms with Crippen LogP contribution in [0.15, 0.2) is 36.5 Å². The zero-order valence-corrected chi connectivity index (χ0v) is 16.0. The number of nitrogens with zero attached hydrogens (tertiary/aromatic N) is 3. The molecule has 150 valence electrons. The van der Waals surface area contributed by atoms with Crippen LogP contribution in [0.2, 0.25) is 0 Å². The van der Waals surface area contributed by atoms with E-state index in [-0.39, 0.29) is 18.7 Å². The fraction of sp³-hybridized carbons (Fsp3) is 0.381. The predicted molar refractivity (Wildman–Crippen MR) is 106 cm³/mol. The molecule has 3 heterocycles. The fourth-order valence-electron chi connectivity index (χ4n) is 4.18. The second-order valence-electron chi connectivity index (χ2n) is 7.49. The monoisotopic (exact) mass is 394 g/mol. The molecular formula is C21H22N4O4. The van der Waals surface area contributed by atoms with E-state index >= 15 is 0 Å². The number of pyridine rings is 1. The number of fused-ring (bicyclic) bond motifs is 1. The largest absolute Gasteiger partial charge is 0.454 e. The summed E-state index contributed by atoms with van der Waals surface area (Å²) >= 11 is 0. The number of benzene rings is 1. The molecule has 2 aromatic rings. The molecule has 0 radical (unpaired) electrons. The van der Waals surface area contributed by atoms with E-state index in [1.54, 1.807) is 41.4 Å². The van der Waals surface area contributed by atoms with E-state index in [1.165, 1.54) is 12.8 Å². The smallest absolute Gasteiger partial charge is 0.326 e. The zero-order valence-electron chi connectivity index (χ0n) is 16.0. The number of carbonyl (C=O) groups excluding carboxylic acids is 2. The number of amides is 3. The van der Waals surface area contributed by atoms with Crippen LogP contribution in [-0.2, 0) is 0 Å². The Labute approximate surface area is 168 Å². The fourth-order valence-corrected chi connectivity index (χ4v) is 4.18. The maximum Gasteiger partial charge on any atom is 0.326 e. The van der Waals surface area contributed by atoms with Crippen molar-refractivity contribution in [3.05, 3.63) is 42.1 Å². The summed E-state index contributed by atoms with van der Waals surface area (Å²) in [5.41, 5.74) is 1.04. The molecule has 1 saturated carbocycles. The molecule has 0 spiro atoms. The highest BCUT2D eigenvalue weighted by molar-refractivity contribution is 6.04. The Bertz CT molecular complexity index is 940. The van der Waals surface area contributed by atoms with Gasteiger partial charge in [0.1, 0.15) is 5.82 Å². The van der Waals surface area contributed by atoms with Crippen molar-refractivity contribution in [2.75, 3.05) is 30.1 Å². The SMILES string of the molecule is O=C(Nc1ccc(N2CCN(C3CCCC3)C2=O)nc1)c1ccc2c(c1)OCO2. The minimum Gasteiger partial charge on any atom is -0.454 e. The molecule has 1 aromatic heterocycles. The van der Waals surface area contributed by atoms with Gasteiger partial charge in [0.15, 0.2) is 11.5 Å². The van der Waals surface area contributed by atoms with Crippen LogP contribution in [0.25, 0.3) is 0 Å². The molecular weight excluding hydrogens is 372 g/mol. The standard InChI is InChI=1S/C21H22N4O4/c26-20(14-5-7-17-18(11-14)29-13-28-17)23-15-6-8-19(22-12-15)25-10-9-24(21(25)27)16-3-1-2-4-16/h5-8,11-12,16H,1-4,9-10,13H2,(H,23,26). The third-order valence-electron chi connectivity index (χ3n) is 5.72. The molecule has 3 amide bonds. The first-order valence-corrected chi connectivity index (χ1v) is 9.94. The van der Waals surface area contributed by atoms with Crippen molar-refractivity contribution in [2.45, 2.75) is 31.7 Å². The summed E-state index contributed by atoms with van der Waals surface area (Å²) in [4.78, 5) is 33.3. The zero-order chi connectivity index (χ0) is 19.8. The average Bonchev–Trinajstić information content (AvgIpc) is 3.48. The van der Waals surface area contributed by atoms with Gasteiger partial charge in [-0.1, -0.05) is 12.8 Å². The number of nitrogens with one attached hydrogen (secondary N) is 1. The van der Waals surface area contributed by atoms with Crippen molar-refractivity contribution in [1.82, 2.24) is 9.88 Å². The van der Waals surface area contributed by atoms with Crippen molar-refractivity contribution < 1.29 is 19.1 Å². The molecule has 8 heteroatoms. The van der Waals surface area contributed by atoms with Gasteiger partial charge in [0.2, 0.25) is 6.79 Å². The van der Waals surface area contributed by atoms with Gasteiger partial charge >= 0.3 is 6.03 Å². The number of ether oxygens (including phenoxy) is 2. The first-order chi connectivity index (χ1) is 14.2. The Morgan fingerprint density at radius 3 is 2.69 bits per heavy atom. The van der Waals surface area contributed by atoms with Gasteiger partial charge in [-0.15, -0.1) is 0 Å². The summed E-state index contributed by atoms with van der Waals surface area (Å²) in [5, 5.41) is 2.82. The molecule has 8 nitrogen and oxygen atoms in total. The summed E-state index contributed by atoms with van der Waals surface area (Å²) in [6.45, 7) is 1.55. The third-order valence-corrected chi connectivity index (χ3v) is 5.72. The van der Waals surface area contributed by atoms with Crippen LogP contribution in [0.5, 0.6) is 11.5 Å². The van der Waals surface area contributed by atoms with Crippen molar-refractivity contribution in [2.24, 2.45) is 0 Å². The lowest BCUT2D eigenvalue weighted by Crippen LogP contribution is -2.38. The topological polar surface area (TPSA) is 84.0 Å². The molecule has 1 saturated heterocycles. The molecule has 3 aliphatic rings. The molecule has 0 bridgehead atoms. The van der Waals surface area contributed by atoms with Gasteiger partial charge in [-0.2, -0.15) is 0 Å². The molecule has 1 aliphatic carbocycles. The van der Waals surface area contributed by atoms with E-state index in [2.05, 4.69) is 10.3 Å². The Hall–Kier alpha value is -3.29. The molecule has 2 fully saturated rings. The minimum atomic E-state index is -0.262. The second kappa shape index (κ2) is 7.27. The van der Waals surface area contributed by atoms with Gasteiger partial charge in [-0.3, -0.25) is 9.69 Å². The Kier molecular flexibility index (Phi) is 4.46. The van der Waals surface area contributed by atoms with E-state index in [9.17, 15) is 9.59 Å². The van der Waals surface area contributed by atoms with Crippen molar-refractivity contribution in [3.8, 4) is 11.5 Å². The van der Waals surface area contributed by atoms with Crippen LogP contribution in [-0.4, -0.2) is 47.7 Å². The van der Waals surface area contributed by atoms with Gasteiger partial charge in [0.25, 0.3) is 5.91 Å². The van der Waals surface area contributed by atoms with Crippen LogP contribution in [0.3, 0.4) is 0 Å². The third kappa shape index (κ3) is 3.35. The number of aromatic nitrogens is 1. The molecule has 0 atom stereocenters. The molecule has 2 aliphatic heterocycles. The van der Waals surface area contributed by atoms with E-state index in [1.807, 2.05) is 4.90 Å². The summed E-state index contributed by atoms with van der Waals surface area (Å²) < 4.78 is 10.6. The van der Waals surface area contributed by atoms with Gasteiger partial charge in [-0.25, -0.2) is 9.78 Å². The van der Waals surface area contributed by atoms with E-state index in [4.69, 9.17) is 9.47 Å². The molecule has 0 unspecified atom stereocenters. The summed E-state index contributed by atoms with van der Waals surface area (Å²) in [7, 11) is 0. The lowest BCUT2D eigenvalue weighted by atomic mass is 10.2. The highest BCUT2D eigenvalue weighted by Crippen LogP contribution is 2.33. The average molecular weight is 394 g/mol. The Morgan fingerprint density at radius 2 is 1.90 bits per heavy atom. The molecule has 5 rings (SSSR count). The molecule has 29 heavy (non-hydrogen) atoms. The number of hydrogen-bond acceptors (Lipinski definition) is 5.